The molecule has 2 rings (SSSR count). The molecule has 6 nitrogen and oxygen atoms in total. The number of hydrogen-bond acceptors (Lipinski definition) is 5. The Bertz CT molecular complexity index is 642. The summed E-state index contributed by atoms with van der Waals surface area (Å²) in [5.41, 5.74) is 1.06. The van der Waals surface area contributed by atoms with Crippen LogP contribution in [0.15, 0.2) is 12.1 Å². The summed E-state index contributed by atoms with van der Waals surface area (Å²) in [4.78, 5) is 14.6. The number of hydrogen-bond donors (Lipinski definition) is 1. The van der Waals surface area contributed by atoms with Crippen LogP contribution in [0.1, 0.15) is 51.5 Å². The molecule has 1 aliphatic heterocycles. The number of aliphatic hydroxyl groups is 1. The fourth-order valence-electron chi connectivity index (χ4n) is 3.97. The molecule has 0 aromatic heterocycles. The smallest absolute Gasteiger partial charge is 0.222 e. The lowest BCUT2D eigenvalue weighted by molar-refractivity contribution is -0.131. The van der Waals surface area contributed by atoms with Gasteiger partial charge in [0.15, 0.2) is 11.5 Å². The molecule has 1 fully saturated rings. The van der Waals surface area contributed by atoms with Crippen LogP contribution in [0.2, 0.25) is 0 Å². The number of carbonyl (C=O) groups is 1. The van der Waals surface area contributed by atoms with Gasteiger partial charge in [-0.15, -0.1) is 0 Å². The van der Waals surface area contributed by atoms with Gasteiger partial charge in [0.2, 0.25) is 11.7 Å². The van der Waals surface area contributed by atoms with E-state index in [1.54, 1.807) is 21.3 Å². The average molecular weight is 394 g/mol. The highest BCUT2D eigenvalue weighted by atomic mass is 16.5. The number of likely N-dealkylation sites (tertiary alicyclic amines) is 1. The molecule has 0 unspecified atom stereocenters. The van der Waals surface area contributed by atoms with E-state index in [0.717, 1.165) is 24.9 Å². The van der Waals surface area contributed by atoms with Crippen LogP contribution in [0.3, 0.4) is 0 Å². The SMILES string of the molecule is COc1cc([C@H](CO)CN2CC[C@@H](C(C)(C)C)CCC2=O)cc(OC)c1OC. The number of rotatable bonds is 7. The average Bonchev–Trinajstić information content (AvgIpc) is 2.86. The number of benzene rings is 1. The minimum atomic E-state index is -0.219. The van der Waals surface area contributed by atoms with Crippen LogP contribution in [0.25, 0.3) is 0 Å². The van der Waals surface area contributed by atoms with Crippen molar-refractivity contribution in [3.8, 4) is 17.2 Å². The lowest BCUT2D eigenvalue weighted by Crippen LogP contribution is -2.35. The van der Waals surface area contributed by atoms with Crippen LogP contribution >= 0.6 is 0 Å². The predicted octanol–water partition coefficient (Wildman–Crippen LogP) is 3.46. The standard InChI is InChI=1S/C22H35NO5/c1-22(2,3)17-7-8-20(25)23(10-9-17)13-16(14-24)15-11-18(26-4)21(28-6)19(12-15)27-5/h11-12,16-17,24H,7-10,13-14H2,1-6H3/t16-,17-/m0/s1. The van der Waals surface area contributed by atoms with Crippen molar-refractivity contribution < 1.29 is 24.1 Å². The van der Waals surface area contributed by atoms with Crippen LogP contribution in [0.4, 0.5) is 0 Å². The Hall–Kier alpha value is -1.95. The van der Waals surface area contributed by atoms with Gasteiger partial charge in [-0.3, -0.25) is 4.79 Å². The Balaban J connectivity index is 2.23. The molecule has 0 radical (unpaired) electrons. The molecule has 0 bridgehead atoms. The highest BCUT2D eigenvalue weighted by molar-refractivity contribution is 5.76. The highest BCUT2D eigenvalue weighted by Crippen LogP contribution is 2.40. The molecule has 2 atom stereocenters. The molecule has 158 valence electrons. The van der Waals surface area contributed by atoms with E-state index in [4.69, 9.17) is 14.2 Å². The third kappa shape index (κ3) is 5.10. The Kier molecular flexibility index (Phi) is 7.58. The maximum atomic E-state index is 12.7. The van der Waals surface area contributed by atoms with Crippen molar-refractivity contribution >= 4 is 5.91 Å². The number of ether oxygens (including phenoxy) is 3. The van der Waals surface area contributed by atoms with Crippen molar-refractivity contribution in [3.05, 3.63) is 17.7 Å². The Morgan fingerprint density at radius 1 is 1.11 bits per heavy atom. The summed E-state index contributed by atoms with van der Waals surface area (Å²) in [6.07, 6.45) is 2.48. The van der Waals surface area contributed by atoms with E-state index in [9.17, 15) is 9.90 Å². The van der Waals surface area contributed by atoms with Gasteiger partial charge in [0.1, 0.15) is 0 Å². The Labute approximate surface area is 168 Å². The summed E-state index contributed by atoms with van der Waals surface area (Å²) in [5.74, 6) is 2.08. The first-order valence-corrected chi connectivity index (χ1v) is 9.93. The lowest BCUT2D eigenvalue weighted by atomic mass is 9.77. The molecule has 28 heavy (non-hydrogen) atoms. The van der Waals surface area contributed by atoms with Crippen LogP contribution < -0.4 is 14.2 Å². The molecule has 1 aromatic rings. The summed E-state index contributed by atoms with van der Waals surface area (Å²) < 4.78 is 16.2. The molecule has 1 aromatic carbocycles. The van der Waals surface area contributed by atoms with Gasteiger partial charge in [0.25, 0.3) is 0 Å². The molecule has 6 heteroatoms. The van der Waals surface area contributed by atoms with Gasteiger partial charge in [-0.05, 0) is 41.9 Å². The van der Waals surface area contributed by atoms with Crippen molar-refractivity contribution in [2.45, 2.75) is 46.0 Å². The predicted molar refractivity (Wildman–Crippen MR) is 109 cm³/mol. The normalized spacial score (nSPS) is 19.2. The summed E-state index contributed by atoms with van der Waals surface area (Å²) >= 11 is 0. The second-order valence-electron chi connectivity index (χ2n) is 8.57. The van der Waals surface area contributed by atoms with Gasteiger partial charge in [-0.1, -0.05) is 20.8 Å². The fraction of sp³-hybridized carbons (Fsp3) is 0.682. The van der Waals surface area contributed by atoms with Crippen LogP contribution in [-0.2, 0) is 4.79 Å². The minimum absolute atomic E-state index is 0.0644. The van der Waals surface area contributed by atoms with Crippen molar-refractivity contribution in [1.29, 1.82) is 0 Å². The lowest BCUT2D eigenvalue weighted by Gasteiger charge is -2.30. The summed E-state index contributed by atoms with van der Waals surface area (Å²) in [6, 6.07) is 3.70. The number of carbonyl (C=O) groups excluding carboxylic acids is 1. The molecule has 1 saturated heterocycles. The molecule has 1 amide bonds. The molecule has 0 aliphatic carbocycles. The summed E-state index contributed by atoms with van der Waals surface area (Å²) in [5, 5.41) is 10.1. The third-order valence-corrected chi connectivity index (χ3v) is 5.85. The number of amides is 1. The van der Waals surface area contributed by atoms with Gasteiger partial charge in [-0.2, -0.15) is 0 Å². The number of aliphatic hydroxyl groups excluding tert-OH is 1. The van der Waals surface area contributed by atoms with Crippen molar-refractivity contribution in [2.75, 3.05) is 41.0 Å². The first-order valence-electron chi connectivity index (χ1n) is 9.93. The van der Waals surface area contributed by atoms with Crippen LogP contribution in [0, 0.1) is 11.3 Å². The van der Waals surface area contributed by atoms with Crippen LogP contribution in [0.5, 0.6) is 17.2 Å². The summed E-state index contributed by atoms with van der Waals surface area (Å²) in [6.45, 7) is 7.86. The molecule has 0 saturated carbocycles. The highest BCUT2D eigenvalue weighted by Gasteiger charge is 2.31. The van der Waals surface area contributed by atoms with Crippen molar-refractivity contribution in [1.82, 2.24) is 4.90 Å². The third-order valence-electron chi connectivity index (χ3n) is 5.85. The minimum Gasteiger partial charge on any atom is -0.493 e. The van der Waals surface area contributed by atoms with E-state index >= 15 is 0 Å². The van der Waals surface area contributed by atoms with E-state index in [1.165, 1.54) is 0 Å². The maximum Gasteiger partial charge on any atom is 0.222 e. The van der Waals surface area contributed by atoms with Crippen molar-refractivity contribution in [2.24, 2.45) is 11.3 Å². The largest absolute Gasteiger partial charge is 0.493 e. The zero-order valence-electron chi connectivity index (χ0n) is 18.1. The van der Waals surface area contributed by atoms with E-state index < -0.39 is 0 Å². The van der Waals surface area contributed by atoms with Crippen LogP contribution in [-0.4, -0.2) is 56.9 Å². The quantitative estimate of drug-likeness (QED) is 0.768. The zero-order chi connectivity index (χ0) is 20.9. The van der Waals surface area contributed by atoms with Gasteiger partial charge in [0, 0.05) is 25.4 Å². The van der Waals surface area contributed by atoms with E-state index in [2.05, 4.69) is 20.8 Å². The van der Waals surface area contributed by atoms with E-state index in [-0.39, 0.29) is 23.8 Å². The monoisotopic (exact) mass is 393 g/mol. The second kappa shape index (κ2) is 9.50. The van der Waals surface area contributed by atoms with Gasteiger partial charge < -0.3 is 24.2 Å². The van der Waals surface area contributed by atoms with Gasteiger partial charge >= 0.3 is 0 Å². The fourth-order valence-corrected chi connectivity index (χ4v) is 3.97. The van der Waals surface area contributed by atoms with E-state index in [1.807, 2.05) is 17.0 Å². The molecule has 1 aliphatic rings. The maximum absolute atomic E-state index is 12.7. The number of methoxy groups -OCH3 is 3. The number of nitrogens with zero attached hydrogens (tertiary/aromatic N) is 1. The summed E-state index contributed by atoms with van der Waals surface area (Å²) in [7, 11) is 4.70. The topological polar surface area (TPSA) is 68.2 Å². The van der Waals surface area contributed by atoms with E-state index in [0.29, 0.717) is 36.1 Å². The second-order valence-corrected chi connectivity index (χ2v) is 8.57. The molecular formula is C22H35NO5. The molecule has 0 spiro atoms. The molecule has 1 heterocycles. The molecule has 1 N–H and O–H groups in total. The van der Waals surface area contributed by atoms with Crippen molar-refractivity contribution in [3.63, 3.8) is 0 Å². The zero-order valence-corrected chi connectivity index (χ0v) is 18.1. The Morgan fingerprint density at radius 3 is 2.18 bits per heavy atom. The first kappa shape index (κ1) is 22.3. The Morgan fingerprint density at radius 2 is 1.71 bits per heavy atom. The molecular weight excluding hydrogens is 358 g/mol. The van der Waals surface area contributed by atoms with Gasteiger partial charge in [0.05, 0.1) is 27.9 Å². The van der Waals surface area contributed by atoms with Gasteiger partial charge in [-0.25, -0.2) is 0 Å². The first-order chi connectivity index (χ1) is 13.2.